The Balaban J connectivity index is 1.50. The molecule has 1 heterocycles. The standard InChI is InChI=1S/C23H27NO4/c1-2-3-12-27-17-7-8-18-20(16-17)23(25)19-5-4-6-21(22(18)19)28-15-11-24-9-13-26-14-10-24/h4-8,16H,2-3,9-15H2,1H3. The first-order chi connectivity index (χ1) is 13.8. The summed E-state index contributed by atoms with van der Waals surface area (Å²) in [6.45, 7) is 7.71. The number of hydrogen-bond donors (Lipinski definition) is 0. The third kappa shape index (κ3) is 3.91. The van der Waals surface area contributed by atoms with Gasteiger partial charge in [0.25, 0.3) is 0 Å². The van der Waals surface area contributed by atoms with Crippen molar-refractivity contribution in [3.05, 3.63) is 47.5 Å². The molecule has 4 rings (SSSR count). The van der Waals surface area contributed by atoms with Gasteiger partial charge in [0.15, 0.2) is 5.78 Å². The van der Waals surface area contributed by atoms with Crippen molar-refractivity contribution in [3.8, 4) is 22.6 Å². The predicted molar refractivity (Wildman–Crippen MR) is 108 cm³/mol. The Morgan fingerprint density at radius 2 is 1.86 bits per heavy atom. The molecular weight excluding hydrogens is 354 g/mol. The topological polar surface area (TPSA) is 48.0 Å². The molecule has 0 saturated carbocycles. The number of ether oxygens (including phenoxy) is 3. The number of fused-ring (bicyclic) bond motifs is 3. The van der Waals surface area contributed by atoms with Crippen LogP contribution in [0.1, 0.15) is 35.7 Å². The Morgan fingerprint density at radius 3 is 2.68 bits per heavy atom. The minimum Gasteiger partial charge on any atom is -0.494 e. The predicted octanol–water partition coefficient (Wildman–Crippen LogP) is 3.79. The molecule has 2 aromatic rings. The summed E-state index contributed by atoms with van der Waals surface area (Å²) in [6.07, 6.45) is 2.09. The number of benzene rings is 2. The van der Waals surface area contributed by atoms with Crippen molar-refractivity contribution in [2.24, 2.45) is 0 Å². The zero-order chi connectivity index (χ0) is 19.3. The zero-order valence-electron chi connectivity index (χ0n) is 16.4. The maximum absolute atomic E-state index is 12.9. The maximum Gasteiger partial charge on any atom is 0.194 e. The lowest BCUT2D eigenvalue weighted by Gasteiger charge is -2.26. The van der Waals surface area contributed by atoms with E-state index in [1.165, 1.54) is 0 Å². The molecule has 2 aliphatic rings. The van der Waals surface area contributed by atoms with Crippen LogP contribution in [0.2, 0.25) is 0 Å². The number of ketones is 1. The van der Waals surface area contributed by atoms with Crippen LogP contribution in [0.15, 0.2) is 36.4 Å². The summed E-state index contributed by atoms with van der Waals surface area (Å²) in [4.78, 5) is 15.2. The zero-order valence-corrected chi connectivity index (χ0v) is 16.4. The molecule has 5 nitrogen and oxygen atoms in total. The highest BCUT2D eigenvalue weighted by Crippen LogP contribution is 2.43. The highest BCUT2D eigenvalue weighted by molar-refractivity contribution is 6.22. The molecule has 0 spiro atoms. The summed E-state index contributed by atoms with van der Waals surface area (Å²) in [6, 6.07) is 11.5. The molecule has 5 heteroatoms. The van der Waals surface area contributed by atoms with Gasteiger partial charge in [-0.15, -0.1) is 0 Å². The van der Waals surface area contributed by atoms with Crippen molar-refractivity contribution in [1.29, 1.82) is 0 Å². The normalized spacial score (nSPS) is 16.0. The molecule has 0 bridgehead atoms. The molecule has 0 aromatic heterocycles. The van der Waals surface area contributed by atoms with E-state index in [1.807, 2.05) is 36.4 Å². The fraction of sp³-hybridized carbons (Fsp3) is 0.435. The average molecular weight is 381 g/mol. The van der Waals surface area contributed by atoms with Crippen molar-refractivity contribution in [2.75, 3.05) is 46.1 Å². The highest BCUT2D eigenvalue weighted by atomic mass is 16.5. The van der Waals surface area contributed by atoms with Gasteiger partial charge in [-0.25, -0.2) is 0 Å². The summed E-state index contributed by atoms with van der Waals surface area (Å²) in [5.41, 5.74) is 3.26. The van der Waals surface area contributed by atoms with Crippen molar-refractivity contribution in [1.82, 2.24) is 4.90 Å². The van der Waals surface area contributed by atoms with Gasteiger partial charge in [0.2, 0.25) is 0 Å². The first-order valence-electron chi connectivity index (χ1n) is 10.2. The Kier molecular flexibility index (Phi) is 5.93. The number of rotatable bonds is 8. The van der Waals surface area contributed by atoms with Gasteiger partial charge in [0.1, 0.15) is 18.1 Å². The van der Waals surface area contributed by atoms with Gasteiger partial charge in [-0.3, -0.25) is 9.69 Å². The second-order valence-corrected chi connectivity index (χ2v) is 7.22. The second-order valence-electron chi connectivity index (χ2n) is 7.22. The minimum absolute atomic E-state index is 0.0459. The summed E-state index contributed by atoms with van der Waals surface area (Å²) in [7, 11) is 0. The first-order valence-corrected chi connectivity index (χ1v) is 10.2. The molecule has 0 atom stereocenters. The molecule has 1 fully saturated rings. The Bertz CT molecular complexity index is 842. The minimum atomic E-state index is 0.0459. The Morgan fingerprint density at radius 1 is 1.00 bits per heavy atom. The average Bonchev–Trinajstić information content (AvgIpc) is 3.02. The van der Waals surface area contributed by atoms with Crippen LogP contribution in [0.4, 0.5) is 0 Å². The molecule has 0 radical (unpaired) electrons. The van der Waals surface area contributed by atoms with Crippen LogP contribution in [0.5, 0.6) is 11.5 Å². The van der Waals surface area contributed by atoms with Crippen molar-refractivity contribution < 1.29 is 19.0 Å². The van der Waals surface area contributed by atoms with E-state index in [1.54, 1.807) is 0 Å². The number of morpholine rings is 1. The summed E-state index contributed by atoms with van der Waals surface area (Å²) in [5.74, 6) is 1.57. The van der Waals surface area contributed by atoms with Gasteiger partial charge in [0.05, 0.1) is 19.8 Å². The van der Waals surface area contributed by atoms with E-state index >= 15 is 0 Å². The van der Waals surface area contributed by atoms with Crippen molar-refractivity contribution >= 4 is 5.78 Å². The summed E-state index contributed by atoms with van der Waals surface area (Å²) < 4.78 is 17.3. The van der Waals surface area contributed by atoms with E-state index in [2.05, 4.69) is 11.8 Å². The van der Waals surface area contributed by atoms with Crippen LogP contribution in [-0.4, -0.2) is 56.7 Å². The summed E-state index contributed by atoms with van der Waals surface area (Å²) >= 11 is 0. The van der Waals surface area contributed by atoms with Gasteiger partial charge in [-0.05, 0) is 36.2 Å². The molecule has 1 aliphatic carbocycles. The number of unbranched alkanes of at least 4 members (excludes halogenated alkanes) is 1. The lowest BCUT2D eigenvalue weighted by atomic mass is 10.0. The lowest BCUT2D eigenvalue weighted by molar-refractivity contribution is 0.0323. The number of carbonyl (C=O) groups excluding carboxylic acids is 1. The third-order valence-corrected chi connectivity index (χ3v) is 5.31. The molecule has 0 amide bonds. The third-order valence-electron chi connectivity index (χ3n) is 5.31. The van der Waals surface area contributed by atoms with Gasteiger partial charge in [-0.2, -0.15) is 0 Å². The van der Waals surface area contributed by atoms with Crippen molar-refractivity contribution in [3.63, 3.8) is 0 Å². The quantitative estimate of drug-likeness (QED) is 0.556. The van der Waals surface area contributed by atoms with Gasteiger partial charge in [0, 0.05) is 36.3 Å². The van der Waals surface area contributed by atoms with E-state index in [-0.39, 0.29) is 5.78 Å². The lowest BCUT2D eigenvalue weighted by Crippen LogP contribution is -2.38. The maximum atomic E-state index is 12.9. The number of nitrogens with zero attached hydrogens (tertiary/aromatic N) is 1. The first kappa shape index (κ1) is 19.0. The molecule has 1 aliphatic heterocycles. The number of hydrogen-bond acceptors (Lipinski definition) is 5. The molecule has 1 saturated heterocycles. The van der Waals surface area contributed by atoms with Crippen LogP contribution in [-0.2, 0) is 4.74 Å². The van der Waals surface area contributed by atoms with E-state index in [9.17, 15) is 4.79 Å². The second kappa shape index (κ2) is 8.76. The monoisotopic (exact) mass is 381 g/mol. The van der Waals surface area contributed by atoms with Crippen LogP contribution in [0, 0.1) is 0 Å². The molecule has 0 unspecified atom stereocenters. The number of carbonyl (C=O) groups is 1. The molecule has 28 heavy (non-hydrogen) atoms. The summed E-state index contributed by atoms with van der Waals surface area (Å²) in [5, 5.41) is 0. The van der Waals surface area contributed by atoms with Crippen LogP contribution >= 0.6 is 0 Å². The molecule has 0 N–H and O–H groups in total. The molecule has 148 valence electrons. The van der Waals surface area contributed by atoms with Gasteiger partial charge < -0.3 is 14.2 Å². The van der Waals surface area contributed by atoms with E-state index < -0.39 is 0 Å². The SMILES string of the molecule is CCCCOc1ccc2c(c1)C(=O)c1cccc(OCCN3CCOCC3)c1-2. The molecular formula is C23H27NO4. The van der Waals surface area contributed by atoms with Crippen LogP contribution in [0.3, 0.4) is 0 Å². The Hall–Kier alpha value is -2.37. The van der Waals surface area contributed by atoms with E-state index in [0.29, 0.717) is 24.3 Å². The van der Waals surface area contributed by atoms with Crippen molar-refractivity contribution in [2.45, 2.75) is 19.8 Å². The smallest absolute Gasteiger partial charge is 0.194 e. The highest BCUT2D eigenvalue weighted by Gasteiger charge is 2.30. The fourth-order valence-electron chi connectivity index (χ4n) is 3.73. The van der Waals surface area contributed by atoms with E-state index in [4.69, 9.17) is 14.2 Å². The van der Waals surface area contributed by atoms with Crippen LogP contribution in [0.25, 0.3) is 11.1 Å². The van der Waals surface area contributed by atoms with Crippen LogP contribution < -0.4 is 9.47 Å². The van der Waals surface area contributed by atoms with E-state index in [0.717, 1.165) is 68.3 Å². The largest absolute Gasteiger partial charge is 0.494 e. The van der Waals surface area contributed by atoms with Gasteiger partial charge in [-0.1, -0.05) is 25.5 Å². The fourth-order valence-corrected chi connectivity index (χ4v) is 3.73. The Labute approximate surface area is 166 Å². The van der Waals surface area contributed by atoms with Gasteiger partial charge >= 0.3 is 0 Å². The molecule has 2 aromatic carbocycles.